The van der Waals surface area contributed by atoms with Crippen molar-refractivity contribution in [1.82, 2.24) is 0 Å². The first-order valence-electron chi connectivity index (χ1n) is 6.27. The van der Waals surface area contributed by atoms with Crippen LogP contribution in [0.25, 0.3) is 11.1 Å². The zero-order valence-electron chi connectivity index (χ0n) is 11.7. The molecular weight excluding hydrogens is 310 g/mol. The van der Waals surface area contributed by atoms with E-state index in [-0.39, 0.29) is 0 Å². The van der Waals surface area contributed by atoms with Gasteiger partial charge >= 0.3 is 0 Å². The van der Waals surface area contributed by atoms with Crippen molar-refractivity contribution in [2.75, 3.05) is 0 Å². The molecule has 0 bridgehead atoms. The van der Waals surface area contributed by atoms with E-state index < -0.39 is 51.8 Å². The standard InChI is InChI=1S/C12H4F6O.C3H8/c13-5-3-1-2-4(12(5)19)6-7(14)9(16)11(18)10(17)8(6)15;1-3-2/h1-3,19H;3H2,1-2H3. The summed E-state index contributed by atoms with van der Waals surface area (Å²) in [5.41, 5.74) is -2.21. The number of rotatable bonds is 1. The van der Waals surface area contributed by atoms with Gasteiger partial charge in [-0.25, -0.2) is 26.3 Å². The molecule has 22 heavy (non-hydrogen) atoms. The van der Waals surface area contributed by atoms with Crippen LogP contribution in [0, 0.1) is 34.9 Å². The van der Waals surface area contributed by atoms with Crippen molar-refractivity contribution in [3.05, 3.63) is 53.1 Å². The summed E-state index contributed by atoms with van der Waals surface area (Å²) in [6, 6.07) is 2.56. The number of para-hydroxylation sites is 1. The molecule has 2 aromatic carbocycles. The highest BCUT2D eigenvalue weighted by Gasteiger charge is 2.28. The van der Waals surface area contributed by atoms with Gasteiger partial charge in [-0.2, -0.15) is 0 Å². The molecular formula is C15H12F6O. The summed E-state index contributed by atoms with van der Waals surface area (Å²) < 4.78 is 78.7. The second kappa shape index (κ2) is 7.20. The third-order valence-corrected chi connectivity index (χ3v) is 2.47. The van der Waals surface area contributed by atoms with Crippen molar-refractivity contribution in [3.8, 4) is 16.9 Å². The maximum absolute atomic E-state index is 13.4. The number of halogens is 6. The minimum Gasteiger partial charge on any atom is -0.504 e. The van der Waals surface area contributed by atoms with Crippen molar-refractivity contribution in [1.29, 1.82) is 0 Å². The number of aromatic hydroxyl groups is 1. The summed E-state index contributed by atoms with van der Waals surface area (Å²) in [4.78, 5) is 0. The molecule has 0 aromatic heterocycles. The molecule has 0 fully saturated rings. The summed E-state index contributed by atoms with van der Waals surface area (Å²) in [6.45, 7) is 4.25. The molecule has 0 aliphatic rings. The molecule has 2 rings (SSSR count). The Hall–Kier alpha value is -2.18. The molecule has 0 heterocycles. The van der Waals surface area contributed by atoms with E-state index >= 15 is 0 Å². The van der Waals surface area contributed by atoms with Crippen LogP contribution in [0.15, 0.2) is 18.2 Å². The van der Waals surface area contributed by atoms with Gasteiger partial charge in [0, 0.05) is 5.56 Å². The Kier molecular flexibility index (Phi) is 5.84. The zero-order chi connectivity index (χ0) is 17.0. The lowest BCUT2D eigenvalue weighted by molar-refractivity contribution is 0.380. The van der Waals surface area contributed by atoms with Crippen LogP contribution in [-0.2, 0) is 0 Å². The van der Waals surface area contributed by atoms with E-state index in [9.17, 15) is 31.4 Å². The van der Waals surface area contributed by atoms with Gasteiger partial charge in [-0.05, 0) is 6.07 Å². The highest BCUT2D eigenvalue weighted by atomic mass is 19.2. The second-order valence-electron chi connectivity index (χ2n) is 4.29. The molecule has 0 aliphatic carbocycles. The fraction of sp³-hybridized carbons (Fsp3) is 0.200. The summed E-state index contributed by atoms with van der Waals surface area (Å²) in [6.07, 6.45) is 1.25. The normalized spacial score (nSPS) is 10.2. The quantitative estimate of drug-likeness (QED) is 0.428. The average Bonchev–Trinajstić information content (AvgIpc) is 2.48. The van der Waals surface area contributed by atoms with Gasteiger partial charge in [0.1, 0.15) is 0 Å². The molecule has 1 N–H and O–H groups in total. The number of phenolic OH excluding ortho intramolecular Hbond substituents is 1. The molecule has 0 atom stereocenters. The van der Waals surface area contributed by atoms with E-state index in [0.717, 1.165) is 18.2 Å². The topological polar surface area (TPSA) is 20.2 Å². The minimum absolute atomic E-state index is 0.769. The van der Waals surface area contributed by atoms with Crippen LogP contribution in [-0.4, -0.2) is 5.11 Å². The second-order valence-corrected chi connectivity index (χ2v) is 4.29. The first-order chi connectivity index (χ1) is 10.3. The fourth-order valence-corrected chi connectivity index (χ4v) is 1.56. The van der Waals surface area contributed by atoms with Gasteiger partial charge in [0.25, 0.3) is 0 Å². The van der Waals surface area contributed by atoms with Crippen LogP contribution in [0.3, 0.4) is 0 Å². The average molecular weight is 322 g/mol. The molecule has 0 amide bonds. The Morgan fingerprint density at radius 1 is 0.773 bits per heavy atom. The van der Waals surface area contributed by atoms with Gasteiger partial charge in [0.2, 0.25) is 5.82 Å². The van der Waals surface area contributed by atoms with Crippen LogP contribution in [0.2, 0.25) is 0 Å². The summed E-state index contributed by atoms with van der Waals surface area (Å²) in [5, 5.41) is 9.30. The van der Waals surface area contributed by atoms with E-state index in [1.54, 1.807) is 0 Å². The van der Waals surface area contributed by atoms with Crippen molar-refractivity contribution >= 4 is 0 Å². The zero-order valence-corrected chi connectivity index (χ0v) is 11.7. The number of hydrogen-bond donors (Lipinski definition) is 1. The molecule has 0 unspecified atom stereocenters. The van der Waals surface area contributed by atoms with Crippen molar-refractivity contribution in [2.45, 2.75) is 20.3 Å². The predicted molar refractivity (Wildman–Crippen MR) is 69.3 cm³/mol. The summed E-state index contributed by atoms with van der Waals surface area (Å²) in [5.74, 6) is -13.4. The van der Waals surface area contributed by atoms with Gasteiger partial charge in [0.15, 0.2) is 34.8 Å². The Balaban J connectivity index is 0.000000745. The Morgan fingerprint density at radius 2 is 1.18 bits per heavy atom. The smallest absolute Gasteiger partial charge is 0.200 e. The van der Waals surface area contributed by atoms with Gasteiger partial charge in [-0.1, -0.05) is 32.4 Å². The Bertz CT molecular complexity index is 655. The fourth-order valence-electron chi connectivity index (χ4n) is 1.56. The summed E-state index contributed by atoms with van der Waals surface area (Å²) >= 11 is 0. The first kappa shape index (κ1) is 17.9. The van der Waals surface area contributed by atoms with Crippen molar-refractivity contribution < 1.29 is 31.4 Å². The Morgan fingerprint density at radius 3 is 1.64 bits per heavy atom. The van der Waals surface area contributed by atoms with E-state index in [4.69, 9.17) is 0 Å². The molecule has 2 aromatic rings. The van der Waals surface area contributed by atoms with Gasteiger partial charge in [-0.15, -0.1) is 0 Å². The van der Waals surface area contributed by atoms with Gasteiger partial charge in [0.05, 0.1) is 5.56 Å². The highest BCUT2D eigenvalue weighted by molar-refractivity contribution is 5.71. The molecule has 0 saturated carbocycles. The largest absolute Gasteiger partial charge is 0.504 e. The SMILES string of the molecule is CCC.Oc1c(F)cccc1-c1c(F)c(F)c(F)c(F)c1F. The van der Waals surface area contributed by atoms with Crippen LogP contribution in [0.5, 0.6) is 5.75 Å². The monoisotopic (exact) mass is 322 g/mol. The lowest BCUT2D eigenvalue weighted by Crippen LogP contribution is -2.04. The highest BCUT2D eigenvalue weighted by Crippen LogP contribution is 2.37. The number of benzene rings is 2. The van der Waals surface area contributed by atoms with Crippen molar-refractivity contribution in [2.24, 2.45) is 0 Å². The van der Waals surface area contributed by atoms with E-state index in [1.165, 1.54) is 6.42 Å². The van der Waals surface area contributed by atoms with Gasteiger partial charge < -0.3 is 5.11 Å². The van der Waals surface area contributed by atoms with Gasteiger partial charge in [-0.3, -0.25) is 0 Å². The molecule has 0 aliphatic heterocycles. The lowest BCUT2D eigenvalue weighted by atomic mass is 10.0. The maximum Gasteiger partial charge on any atom is 0.200 e. The predicted octanol–water partition coefficient (Wildman–Crippen LogP) is 5.31. The minimum atomic E-state index is -2.32. The summed E-state index contributed by atoms with van der Waals surface area (Å²) in [7, 11) is 0. The van der Waals surface area contributed by atoms with Crippen molar-refractivity contribution in [3.63, 3.8) is 0 Å². The van der Waals surface area contributed by atoms with Crippen LogP contribution in [0.1, 0.15) is 20.3 Å². The van der Waals surface area contributed by atoms with E-state index in [2.05, 4.69) is 13.8 Å². The van der Waals surface area contributed by atoms with Crippen LogP contribution in [0.4, 0.5) is 26.3 Å². The molecule has 0 radical (unpaired) electrons. The lowest BCUT2D eigenvalue weighted by Gasteiger charge is -2.10. The van der Waals surface area contributed by atoms with Crippen LogP contribution >= 0.6 is 0 Å². The maximum atomic E-state index is 13.4. The van der Waals surface area contributed by atoms with E-state index in [1.807, 2.05) is 0 Å². The molecule has 0 saturated heterocycles. The number of phenols is 1. The molecule has 7 heteroatoms. The van der Waals surface area contributed by atoms with E-state index in [0.29, 0.717) is 0 Å². The number of hydrogen-bond acceptors (Lipinski definition) is 1. The molecule has 0 spiro atoms. The molecule has 1 nitrogen and oxygen atoms in total. The third kappa shape index (κ3) is 3.18. The van der Waals surface area contributed by atoms with Crippen LogP contribution < -0.4 is 0 Å². The Labute approximate surface area is 122 Å². The first-order valence-corrected chi connectivity index (χ1v) is 6.27. The third-order valence-electron chi connectivity index (χ3n) is 2.47. The molecule has 120 valence electrons.